The summed E-state index contributed by atoms with van der Waals surface area (Å²) >= 11 is 0. The molecular formula is C19H20FN3O5. The van der Waals surface area contributed by atoms with Crippen LogP contribution in [0.3, 0.4) is 0 Å². The molecule has 0 unspecified atom stereocenters. The van der Waals surface area contributed by atoms with Crippen LogP contribution < -0.4 is 16.0 Å². The fraction of sp³-hybridized carbons (Fsp3) is 0.316. The van der Waals surface area contributed by atoms with Crippen LogP contribution in [0.5, 0.6) is 5.75 Å². The third-order valence-electron chi connectivity index (χ3n) is 4.37. The number of nitrogens with two attached hydrogens (primary N) is 1. The number of nitrogens with zero attached hydrogens (tertiary/aromatic N) is 1. The second kappa shape index (κ2) is 8.22. The molecule has 3 rings (SSSR count). The molecular weight excluding hydrogens is 369 g/mol. The number of H-pyrrole nitrogens is 1. The summed E-state index contributed by atoms with van der Waals surface area (Å²) in [4.78, 5) is 39.8. The van der Waals surface area contributed by atoms with Crippen LogP contribution in [-0.4, -0.2) is 53.6 Å². The van der Waals surface area contributed by atoms with E-state index in [0.29, 0.717) is 12.3 Å². The predicted molar refractivity (Wildman–Crippen MR) is 97.4 cm³/mol. The van der Waals surface area contributed by atoms with E-state index < -0.39 is 17.3 Å². The molecule has 9 heteroatoms. The Labute approximate surface area is 160 Å². The summed E-state index contributed by atoms with van der Waals surface area (Å²) < 4.78 is 24.5. The van der Waals surface area contributed by atoms with Crippen molar-refractivity contribution in [1.29, 1.82) is 0 Å². The molecule has 8 nitrogen and oxygen atoms in total. The summed E-state index contributed by atoms with van der Waals surface area (Å²) in [6, 6.07) is 8.12. The minimum Gasteiger partial charge on any atom is -0.490 e. The lowest BCUT2D eigenvalue weighted by Crippen LogP contribution is -2.58. The lowest BCUT2D eigenvalue weighted by atomic mass is 9.97. The average molecular weight is 389 g/mol. The van der Waals surface area contributed by atoms with Gasteiger partial charge in [-0.15, -0.1) is 0 Å². The van der Waals surface area contributed by atoms with Gasteiger partial charge in [0.05, 0.1) is 19.6 Å². The first kappa shape index (κ1) is 19.6. The molecule has 0 aliphatic carbocycles. The molecule has 1 aliphatic rings. The molecule has 0 radical (unpaired) electrons. The van der Waals surface area contributed by atoms with Crippen molar-refractivity contribution in [3.63, 3.8) is 0 Å². The number of amides is 2. The molecule has 0 bridgehead atoms. The third-order valence-corrected chi connectivity index (χ3v) is 4.37. The fourth-order valence-corrected chi connectivity index (χ4v) is 3.09. The summed E-state index contributed by atoms with van der Waals surface area (Å²) in [6.45, 7) is 0.473. The van der Waals surface area contributed by atoms with Gasteiger partial charge < -0.3 is 25.1 Å². The van der Waals surface area contributed by atoms with E-state index in [2.05, 4.69) is 4.98 Å². The molecule has 1 aromatic heterocycles. The first-order chi connectivity index (χ1) is 13.4. The van der Waals surface area contributed by atoms with Gasteiger partial charge in [0.2, 0.25) is 11.5 Å². The Kier molecular flexibility index (Phi) is 5.74. The molecule has 0 spiro atoms. The molecule has 1 aliphatic heterocycles. The Bertz CT molecular complexity index is 914. The zero-order valence-electron chi connectivity index (χ0n) is 15.0. The number of halogens is 1. The van der Waals surface area contributed by atoms with E-state index in [4.69, 9.17) is 15.2 Å². The summed E-state index contributed by atoms with van der Waals surface area (Å²) in [5.74, 6) is -0.965. The zero-order valence-corrected chi connectivity index (χ0v) is 15.0. The van der Waals surface area contributed by atoms with Gasteiger partial charge in [-0.05, 0) is 30.3 Å². The van der Waals surface area contributed by atoms with E-state index in [1.54, 1.807) is 0 Å². The Morgan fingerprint density at radius 3 is 2.71 bits per heavy atom. The van der Waals surface area contributed by atoms with Gasteiger partial charge in [0, 0.05) is 24.4 Å². The molecule has 2 amide bonds. The Balaban J connectivity index is 1.77. The number of hydrogen-bond donors (Lipinski definition) is 2. The minimum absolute atomic E-state index is 0.0548. The molecule has 1 saturated heterocycles. The number of benzene rings is 1. The van der Waals surface area contributed by atoms with E-state index in [0.717, 1.165) is 0 Å². The van der Waals surface area contributed by atoms with Gasteiger partial charge in [-0.25, -0.2) is 4.39 Å². The van der Waals surface area contributed by atoms with Crippen molar-refractivity contribution in [3.8, 4) is 5.75 Å². The highest BCUT2D eigenvalue weighted by Gasteiger charge is 2.41. The van der Waals surface area contributed by atoms with Crippen molar-refractivity contribution in [1.82, 2.24) is 9.88 Å². The SMILES string of the molecule is NC(=O)C[C@@]1(COc2ccc(F)cc2)CN(C(=O)c2cc[nH]c(=O)c2)CCO1. The predicted octanol–water partition coefficient (Wildman–Crippen LogP) is 0.680. The highest BCUT2D eigenvalue weighted by atomic mass is 19.1. The number of nitrogens with one attached hydrogen (secondary N) is 1. The number of pyridine rings is 1. The first-order valence-electron chi connectivity index (χ1n) is 8.66. The maximum absolute atomic E-state index is 13.0. The summed E-state index contributed by atoms with van der Waals surface area (Å²) in [6.07, 6.45) is 1.23. The maximum atomic E-state index is 13.0. The first-order valence-corrected chi connectivity index (χ1v) is 8.66. The van der Waals surface area contributed by atoms with Crippen LogP contribution >= 0.6 is 0 Å². The van der Waals surface area contributed by atoms with Gasteiger partial charge in [-0.3, -0.25) is 14.4 Å². The van der Waals surface area contributed by atoms with Crippen LogP contribution in [0.25, 0.3) is 0 Å². The summed E-state index contributed by atoms with van der Waals surface area (Å²) in [5, 5.41) is 0. The van der Waals surface area contributed by atoms with Crippen LogP contribution in [0.2, 0.25) is 0 Å². The van der Waals surface area contributed by atoms with Crippen LogP contribution in [0.1, 0.15) is 16.8 Å². The molecule has 1 atom stereocenters. The van der Waals surface area contributed by atoms with Gasteiger partial charge in [-0.2, -0.15) is 0 Å². The molecule has 1 fully saturated rings. The number of primary amides is 1. The van der Waals surface area contributed by atoms with Crippen molar-refractivity contribution in [2.45, 2.75) is 12.0 Å². The lowest BCUT2D eigenvalue weighted by molar-refractivity contribution is -0.142. The van der Waals surface area contributed by atoms with Gasteiger partial charge in [0.15, 0.2) is 0 Å². The monoisotopic (exact) mass is 389 g/mol. The van der Waals surface area contributed by atoms with Crippen LogP contribution in [-0.2, 0) is 9.53 Å². The van der Waals surface area contributed by atoms with Crippen molar-refractivity contribution >= 4 is 11.8 Å². The standard InChI is InChI=1S/C19H20FN3O5/c20-14-1-3-15(4-2-14)27-12-19(10-16(21)24)11-23(7-8-28-19)18(26)13-5-6-22-17(25)9-13/h1-6,9H,7-8,10-12H2,(H2,21,24)(H,22,25)/t19-/m0/s1. The van der Waals surface area contributed by atoms with Crippen molar-refractivity contribution in [2.24, 2.45) is 5.73 Å². The summed E-state index contributed by atoms with van der Waals surface area (Å²) in [5.41, 5.74) is 4.08. The van der Waals surface area contributed by atoms with Crippen LogP contribution in [0, 0.1) is 5.82 Å². The minimum atomic E-state index is -1.14. The number of aromatic amines is 1. The number of aromatic nitrogens is 1. The zero-order chi connectivity index (χ0) is 20.1. The molecule has 28 heavy (non-hydrogen) atoms. The smallest absolute Gasteiger partial charge is 0.254 e. The van der Waals surface area contributed by atoms with Gasteiger partial charge in [-0.1, -0.05) is 0 Å². The topological polar surface area (TPSA) is 115 Å². The van der Waals surface area contributed by atoms with Crippen LogP contribution in [0.15, 0.2) is 47.4 Å². The number of carbonyl (C=O) groups is 2. The van der Waals surface area contributed by atoms with Crippen molar-refractivity contribution < 1.29 is 23.5 Å². The maximum Gasteiger partial charge on any atom is 0.254 e. The molecule has 2 aromatic rings. The number of carbonyl (C=O) groups excluding carboxylic acids is 2. The Morgan fingerprint density at radius 2 is 2.04 bits per heavy atom. The number of morpholine rings is 1. The highest BCUT2D eigenvalue weighted by Crippen LogP contribution is 2.25. The quantitative estimate of drug-likeness (QED) is 0.754. The Hall–Kier alpha value is -3.20. The average Bonchev–Trinajstić information content (AvgIpc) is 2.67. The fourth-order valence-electron chi connectivity index (χ4n) is 3.09. The lowest BCUT2D eigenvalue weighted by Gasteiger charge is -2.41. The second-order valence-electron chi connectivity index (χ2n) is 6.59. The third kappa shape index (κ3) is 4.74. The van der Waals surface area contributed by atoms with E-state index >= 15 is 0 Å². The van der Waals surface area contributed by atoms with Crippen LogP contribution in [0.4, 0.5) is 4.39 Å². The Morgan fingerprint density at radius 1 is 1.29 bits per heavy atom. The normalized spacial score (nSPS) is 19.2. The summed E-state index contributed by atoms with van der Waals surface area (Å²) in [7, 11) is 0. The highest BCUT2D eigenvalue weighted by molar-refractivity contribution is 5.94. The molecule has 1 aromatic carbocycles. The second-order valence-corrected chi connectivity index (χ2v) is 6.59. The van der Waals surface area contributed by atoms with Gasteiger partial charge in [0.25, 0.3) is 5.91 Å². The molecule has 0 saturated carbocycles. The van der Waals surface area contributed by atoms with Gasteiger partial charge in [0.1, 0.15) is 23.8 Å². The molecule has 148 valence electrons. The largest absolute Gasteiger partial charge is 0.490 e. The molecule has 2 heterocycles. The van der Waals surface area contributed by atoms with E-state index in [9.17, 15) is 18.8 Å². The molecule has 3 N–H and O–H groups in total. The van der Waals surface area contributed by atoms with E-state index in [1.165, 1.54) is 47.5 Å². The number of hydrogen-bond acceptors (Lipinski definition) is 5. The van der Waals surface area contributed by atoms with Crippen molar-refractivity contribution in [3.05, 3.63) is 64.3 Å². The number of rotatable bonds is 6. The number of ether oxygens (including phenoxy) is 2. The van der Waals surface area contributed by atoms with E-state index in [-0.39, 0.29) is 43.2 Å². The van der Waals surface area contributed by atoms with E-state index in [1.807, 2.05) is 0 Å². The van der Waals surface area contributed by atoms with Crippen molar-refractivity contribution in [2.75, 3.05) is 26.3 Å². The van der Waals surface area contributed by atoms with Gasteiger partial charge >= 0.3 is 0 Å².